The van der Waals surface area contributed by atoms with Gasteiger partial charge in [-0.3, -0.25) is 4.79 Å². The highest BCUT2D eigenvalue weighted by molar-refractivity contribution is 5.83. The van der Waals surface area contributed by atoms with E-state index in [9.17, 15) is 14.7 Å². The van der Waals surface area contributed by atoms with Crippen molar-refractivity contribution in [2.75, 3.05) is 26.7 Å². The van der Waals surface area contributed by atoms with E-state index in [1.807, 2.05) is 41.0 Å². The van der Waals surface area contributed by atoms with Crippen LogP contribution in [0.5, 0.6) is 0 Å². The molecular formula is C17H23N3O3. The number of amides is 3. The minimum atomic E-state index is -0.351. The van der Waals surface area contributed by atoms with Crippen molar-refractivity contribution in [3.8, 4) is 0 Å². The van der Waals surface area contributed by atoms with Crippen LogP contribution in [0.2, 0.25) is 0 Å². The molecule has 2 fully saturated rings. The molecule has 0 spiro atoms. The summed E-state index contributed by atoms with van der Waals surface area (Å²) in [6.07, 6.45) is 0.585. The van der Waals surface area contributed by atoms with Crippen molar-refractivity contribution in [1.82, 2.24) is 15.1 Å². The Morgan fingerprint density at radius 3 is 2.74 bits per heavy atom. The van der Waals surface area contributed by atoms with Crippen molar-refractivity contribution in [3.05, 3.63) is 35.4 Å². The van der Waals surface area contributed by atoms with Crippen LogP contribution < -0.4 is 5.32 Å². The maximum Gasteiger partial charge on any atom is 0.317 e. The van der Waals surface area contributed by atoms with Crippen molar-refractivity contribution in [2.24, 2.45) is 5.92 Å². The number of aliphatic hydroxyl groups is 1. The monoisotopic (exact) mass is 317 g/mol. The minimum Gasteiger partial charge on any atom is -0.396 e. The molecule has 0 radical (unpaired) electrons. The van der Waals surface area contributed by atoms with Gasteiger partial charge in [0, 0.05) is 20.1 Å². The number of nitrogens with one attached hydrogen (secondary N) is 1. The second-order valence-electron chi connectivity index (χ2n) is 6.26. The quantitative estimate of drug-likeness (QED) is 0.851. The molecule has 2 aliphatic rings. The first-order chi connectivity index (χ1) is 11.1. The summed E-state index contributed by atoms with van der Waals surface area (Å²) in [6, 6.07) is 7.60. The molecule has 6 heteroatoms. The number of carbonyl (C=O) groups excluding carboxylic acids is 2. The van der Waals surface area contributed by atoms with E-state index in [1.54, 1.807) is 7.05 Å². The van der Waals surface area contributed by atoms with Crippen LogP contribution in [-0.2, 0) is 4.79 Å². The summed E-state index contributed by atoms with van der Waals surface area (Å²) >= 11 is 0. The molecule has 1 aromatic rings. The number of hydrogen-bond donors (Lipinski definition) is 2. The Bertz CT molecular complexity index is 619. The smallest absolute Gasteiger partial charge is 0.317 e. The summed E-state index contributed by atoms with van der Waals surface area (Å²) in [5.41, 5.74) is 2.17. The van der Waals surface area contributed by atoms with Gasteiger partial charge < -0.3 is 20.2 Å². The third-order valence-electron chi connectivity index (χ3n) is 5.04. The second kappa shape index (κ2) is 6.20. The number of aryl methyl sites for hydroxylation is 1. The lowest BCUT2D eigenvalue weighted by molar-refractivity contribution is -0.135. The Balaban J connectivity index is 2.02. The van der Waals surface area contributed by atoms with Gasteiger partial charge in [0.05, 0.1) is 24.6 Å². The number of carbonyl (C=O) groups is 2. The largest absolute Gasteiger partial charge is 0.396 e. The van der Waals surface area contributed by atoms with Crippen molar-refractivity contribution in [3.63, 3.8) is 0 Å². The van der Waals surface area contributed by atoms with Gasteiger partial charge in [0.2, 0.25) is 5.91 Å². The maximum absolute atomic E-state index is 12.4. The summed E-state index contributed by atoms with van der Waals surface area (Å²) in [5, 5.41) is 12.2. The number of urea groups is 1. The molecular weight excluding hydrogens is 294 g/mol. The normalized spacial score (nSPS) is 27.1. The average Bonchev–Trinajstić information content (AvgIpc) is 2.90. The molecule has 3 unspecified atom stereocenters. The van der Waals surface area contributed by atoms with Crippen LogP contribution in [-0.4, -0.2) is 59.6 Å². The Morgan fingerprint density at radius 2 is 2.09 bits per heavy atom. The lowest BCUT2D eigenvalue weighted by Gasteiger charge is -2.45. The number of fused-ring (bicyclic) bond motifs is 1. The number of nitrogens with zero attached hydrogens (tertiary/aromatic N) is 2. The van der Waals surface area contributed by atoms with Gasteiger partial charge in [-0.2, -0.15) is 0 Å². The van der Waals surface area contributed by atoms with Gasteiger partial charge in [-0.25, -0.2) is 4.79 Å². The standard InChI is InChI=1S/C17H23N3O3/c1-11-5-3-4-6-13(11)15-14-9-12(10-21)16(22)19(14)7-8-20(15)17(23)18-2/h3-6,12,14-15,21H,7-10H2,1-2H3,(H,18,23). The molecule has 3 rings (SSSR count). The lowest BCUT2D eigenvalue weighted by atomic mass is 9.89. The molecule has 6 nitrogen and oxygen atoms in total. The second-order valence-corrected chi connectivity index (χ2v) is 6.26. The van der Waals surface area contributed by atoms with E-state index in [-0.39, 0.29) is 36.5 Å². The maximum atomic E-state index is 12.4. The fraction of sp³-hybridized carbons (Fsp3) is 0.529. The van der Waals surface area contributed by atoms with E-state index in [4.69, 9.17) is 0 Å². The van der Waals surface area contributed by atoms with Crippen molar-refractivity contribution < 1.29 is 14.7 Å². The van der Waals surface area contributed by atoms with Crippen molar-refractivity contribution >= 4 is 11.9 Å². The van der Waals surface area contributed by atoms with Crippen LogP contribution >= 0.6 is 0 Å². The summed E-state index contributed by atoms with van der Waals surface area (Å²) < 4.78 is 0. The molecule has 2 N–H and O–H groups in total. The van der Waals surface area contributed by atoms with Crippen molar-refractivity contribution in [2.45, 2.75) is 25.4 Å². The van der Waals surface area contributed by atoms with Crippen LogP contribution in [0, 0.1) is 12.8 Å². The number of aliphatic hydroxyl groups excluding tert-OH is 1. The van der Waals surface area contributed by atoms with Gasteiger partial charge in [-0.15, -0.1) is 0 Å². The predicted molar refractivity (Wildman–Crippen MR) is 85.8 cm³/mol. The van der Waals surface area contributed by atoms with Crippen molar-refractivity contribution in [1.29, 1.82) is 0 Å². The minimum absolute atomic E-state index is 0.00707. The Kier molecular flexibility index (Phi) is 4.26. The van der Waals surface area contributed by atoms with E-state index in [2.05, 4.69) is 5.32 Å². The fourth-order valence-corrected chi connectivity index (χ4v) is 3.87. The van der Waals surface area contributed by atoms with Gasteiger partial charge in [-0.1, -0.05) is 24.3 Å². The number of hydrogen-bond acceptors (Lipinski definition) is 3. The molecule has 2 aliphatic heterocycles. The number of rotatable bonds is 2. The number of benzene rings is 1. The first-order valence-electron chi connectivity index (χ1n) is 8.03. The summed E-state index contributed by atoms with van der Waals surface area (Å²) in [7, 11) is 1.62. The Morgan fingerprint density at radius 1 is 1.35 bits per heavy atom. The Labute approximate surface area is 136 Å². The van der Waals surface area contributed by atoms with Crippen LogP contribution in [0.15, 0.2) is 24.3 Å². The average molecular weight is 317 g/mol. The molecule has 0 bridgehead atoms. The highest BCUT2D eigenvalue weighted by Crippen LogP contribution is 2.40. The zero-order valence-electron chi connectivity index (χ0n) is 13.5. The van der Waals surface area contributed by atoms with Gasteiger partial charge >= 0.3 is 6.03 Å². The van der Waals surface area contributed by atoms with E-state index in [0.29, 0.717) is 19.5 Å². The van der Waals surface area contributed by atoms with Gasteiger partial charge in [0.15, 0.2) is 0 Å². The molecule has 2 saturated heterocycles. The van der Waals surface area contributed by atoms with E-state index < -0.39 is 0 Å². The highest BCUT2D eigenvalue weighted by Gasteiger charge is 2.49. The third kappa shape index (κ3) is 2.57. The predicted octanol–water partition coefficient (Wildman–Crippen LogP) is 0.901. The Hall–Kier alpha value is -2.08. The van der Waals surface area contributed by atoms with Gasteiger partial charge in [0.1, 0.15) is 0 Å². The van der Waals surface area contributed by atoms with Crippen LogP contribution in [0.1, 0.15) is 23.6 Å². The fourth-order valence-electron chi connectivity index (χ4n) is 3.87. The van der Waals surface area contributed by atoms with E-state index in [1.165, 1.54) is 0 Å². The molecule has 1 aromatic carbocycles. The third-order valence-corrected chi connectivity index (χ3v) is 5.04. The first-order valence-corrected chi connectivity index (χ1v) is 8.03. The number of piperazine rings is 1. The van der Waals surface area contributed by atoms with Crippen LogP contribution in [0.25, 0.3) is 0 Å². The lowest BCUT2D eigenvalue weighted by Crippen LogP contribution is -2.56. The summed E-state index contributed by atoms with van der Waals surface area (Å²) in [6.45, 7) is 2.91. The highest BCUT2D eigenvalue weighted by atomic mass is 16.3. The summed E-state index contributed by atoms with van der Waals surface area (Å²) in [4.78, 5) is 28.4. The zero-order valence-corrected chi connectivity index (χ0v) is 13.5. The first kappa shape index (κ1) is 15.8. The molecule has 0 aromatic heterocycles. The molecule has 3 amide bonds. The molecule has 0 aliphatic carbocycles. The zero-order chi connectivity index (χ0) is 16.6. The van der Waals surface area contributed by atoms with Crippen LogP contribution in [0.4, 0.5) is 4.79 Å². The van der Waals surface area contributed by atoms with E-state index >= 15 is 0 Å². The van der Waals surface area contributed by atoms with E-state index in [0.717, 1.165) is 11.1 Å². The molecule has 0 saturated carbocycles. The molecule has 124 valence electrons. The van der Waals surface area contributed by atoms with Gasteiger partial charge in [0.25, 0.3) is 0 Å². The summed E-state index contributed by atoms with van der Waals surface area (Å²) in [5.74, 6) is -0.344. The topological polar surface area (TPSA) is 72.9 Å². The van der Waals surface area contributed by atoms with Gasteiger partial charge in [-0.05, 0) is 24.5 Å². The molecule has 23 heavy (non-hydrogen) atoms. The SMILES string of the molecule is CNC(=O)N1CCN2C(=O)C(CO)CC2C1c1ccccc1C. The molecule has 2 heterocycles. The molecule has 3 atom stereocenters. The van der Waals surface area contributed by atoms with Crippen LogP contribution in [0.3, 0.4) is 0 Å².